The van der Waals surface area contributed by atoms with Crippen LogP contribution in [0.2, 0.25) is 0 Å². The highest BCUT2D eigenvalue weighted by molar-refractivity contribution is 7.99. The van der Waals surface area contributed by atoms with Gasteiger partial charge >= 0.3 is 0 Å². The molecule has 2 aromatic rings. The van der Waals surface area contributed by atoms with Gasteiger partial charge in [0.05, 0.1) is 11.3 Å². The van der Waals surface area contributed by atoms with Crippen molar-refractivity contribution in [2.45, 2.75) is 9.92 Å². The molecule has 0 aliphatic carbocycles. The number of para-hydroxylation sites is 1. The number of anilines is 1. The average Bonchev–Trinajstić information content (AvgIpc) is 2.33. The Morgan fingerprint density at radius 3 is 2.76 bits per heavy atom. The van der Waals surface area contributed by atoms with Crippen molar-refractivity contribution in [3.8, 4) is 0 Å². The van der Waals surface area contributed by atoms with Crippen LogP contribution in [0.15, 0.2) is 46.7 Å². The van der Waals surface area contributed by atoms with Crippen LogP contribution >= 0.6 is 11.8 Å². The minimum Gasteiger partial charge on any atom is -0.397 e. The van der Waals surface area contributed by atoms with Crippen LogP contribution in [-0.2, 0) is 0 Å². The Morgan fingerprint density at radius 1 is 1.29 bits per heavy atom. The summed E-state index contributed by atoms with van der Waals surface area (Å²) in [4.78, 5) is 19.8. The first kappa shape index (κ1) is 11.4. The van der Waals surface area contributed by atoms with Crippen LogP contribution in [0.5, 0.6) is 0 Å². The maximum atomic E-state index is 11.1. The van der Waals surface area contributed by atoms with E-state index in [4.69, 9.17) is 11.5 Å². The van der Waals surface area contributed by atoms with Gasteiger partial charge in [0.2, 0.25) is 0 Å². The maximum Gasteiger partial charge on any atom is 0.250 e. The number of hydrogen-bond acceptors (Lipinski definition) is 5. The third-order valence-corrected chi connectivity index (χ3v) is 3.13. The number of carbonyl (C=O) groups excluding carboxylic acids is 1. The summed E-state index contributed by atoms with van der Waals surface area (Å²) in [6, 6.07) is 6.91. The molecule has 2 rings (SSSR count). The molecule has 6 heteroatoms. The molecule has 4 N–H and O–H groups in total. The minimum absolute atomic E-state index is 0.323. The Bertz CT molecular complexity index is 544. The van der Waals surface area contributed by atoms with Crippen molar-refractivity contribution in [1.29, 1.82) is 0 Å². The largest absolute Gasteiger partial charge is 0.397 e. The SMILES string of the molecule is NC(=O)c1cccc(Sc2ccncn2)c1N. The zero-order chi connectivity index (χ0) is 12.3. The monoisotopic (exact) mass is 246 g/mol. The molecule has 1 aromatic carbocycles. The first-order valence-electron chi connectivity index (χ1n) is 4.80. The number of nitrogens with two attached hydrogens (primary N) is 2. The van der Waals surface area contributed by atoms with E-state index >= 15 is 0 Å². The maximum absolute atomic E-state index is 11.1. The van der Waals surface area contributed by atoms with Gasteiger partial charge in [0.15, 0.2) is 0 Å². The normalized spacial score (nSPS) is 10.1. The van der Waals surface area contributed by atoms with E-state index in [0.717, 1.165) is 9.92 Å². The number of rotatable bonds is 3. The van der Waals surface area contributed by atoms with Gasteiger partial charge in [0, 0.05) is 11.1 Å². The molecule has 5 nitrogen and oxygen atoms in total. The van der Waals surface area contributed by atoms with Crippen LogP contribution in [0.4, 0.5) is 5.69 Å². The molecule has 1 amide bonds. The summed E-state index contributed by atoms with van der Waals surface area (Å²) in [7, 11) is 0. The van der Waals surface area contributed by atoms with Crippen LogP contribution in [-0.4, -0.2) is 15.9 Å². The molecule has 0 bridgehead atoms. The van der Waals surface area contributed by atoms with Crippen molar-refractivity contribution in [1.82, 2.24) is 9.97 Å². The van der Waals surface area contributed by atoms with Gasteiger partial charge in [0.1, 0.15) is 11.4 Å². The lowest BCUT2D eigenvalue weighted by molar-refractivity contribution is 0.100. The topological polar surface area (TPSA) is 94.9 Å². The molecule has 0 saturated heterocycles. The summed E-state index contributed by atoms with van der Waals surface area (Å²) in [5.41, 5.74) is 11.8. The molecule has 0 saturated carbocycles. The highest BCUT2D eigenvalue weighted by Crippen LogP contribution is 2.32. The van der Waals surface area contributed by atoms with E-state index in [1.165, 1.54) is 18.1 Å². The first-order valence-corrected chi connectivity index (χ1v) is 5.62. The Morgan fingerprint density at radius 2 is 2.12 bits per heavy atom. The zero-order valence-electron chi connectivity index (χ0n) is 8.83. The second-order valence-corrected chi connectivity index (χ2v) is 4.29. The van der Waals surface area contributed by atoms with Crippen molar-refractivity contribution in [2.75, 3.05) is 5.73 Å². The van der Waals surface area contributed by atoms with Gasteiger partial charge in [-0.3, -0.25) is 4.79 Å². The molecule has 86 valence electrons. The lowest BCUT2D eigenvalue weighted by Crippen LogP contribution is -2.13. The smallest absolute Gasteiger partial charge is 0.250 e. The van der Waals surface area contributed by atoms with Crippen LogP contribution in [0, 0.1) is 0 Å². The van der Waals surface area contributed by atoms with Gasteiger partial charge in [0.25, 0.3) is 5.91 Å². The molecule has 1 aromatic heterocycles. The third-order valence-electron chi connectivity index (χ3n) is 2.10. The Balaban J connectivity index is 2.34. The summed E-state index contributed by atoms with van der Waals surface area (Å²) in [5, 5.41) is 0.758. The molecule has 0 spiro atoms. The minimum atomic E-state index is -0.535. The van der Waals surface area contributed by atoms with Gasteiger partial charge in [-0.1, -0.05) is 17.8 Å². The molecule has 0 aliphatic heterocycles. The van der Waals surface area contributed by atoms with Crippen LogP contribution in [0.1, 0.15) is 10.4 Å². The van der Waals surface area contributed by atoms with Gasteiger partial charge < -0.3 is 11.5 Å². The fraction of sp³-hybridized carbons (Fsp3) is 0. The Kier molecular flexibility index (Phi) is 3.24. The number of nitrogens with zero attached hydrogens (tertiary/aromatic N) is 2. The van der Waals surface area contributed by atoms with Crippen LogP contribution < -0.4 is 11.5 Å². The summed E-state index contributed by atoms with van der Waals surface area (Å²) in [6.45, 7) is 0. The number of hydrogen-bond donors (Lipinski definition) is 2. The summed E-state index contributed by atoms with van der Waals surface area (Å²) >= 11 is 1.36. The van der Waals surface area contributed by atoms with Crippen LogP contribution in [0.3, 0.4) is 0 Å². The average molecular weight is 246 g/mol. The van der Waals surface area contributed by atoms with Gasteiger partial charge in [-0.05, 0) is 18.2 Å². The van der Waals surface area contributed by atoms with E-state index in [1.807, 2.05) is 6.07 Å². The number of benzene rings is 1. The van der Waals surface area contributed by atoms with E-state index in [9.17, 15) is 4.79 Å². The van der Waals surface area contributed by atoms with Crippen molar-refractivity contribution >= 4 is 23.4 Å². The lowest BCUT2D eigenvalue weighted by Gasteiger charge is -2.07. The summed E-state index contributed by atoms with van der Waals surface area (Å²) < 4.78 is 0. The quantitative estimate of drug-likeness (QED) is 0.629. The van der Waals surface area contributed by atoms with Gasteiger partial charge in [-0.25, -0.2) is 9.97 Å². The summed E-state index contributed by atoms with van der Waals surface area (Å²) in [6.07, 6.45) is 3.10. The Hall–Kier alpha value is -2.08. The molecule has 0 fully saturated rings. The zero-order valence-corrected chi connectivity index (χ0v) is 9.65. The van der Waals surface area contributed by atoms with Crippen molar-refractivity contribution in [3.05, 3.63) is 42.4 Å². The Labute approximate surface area is 102 Å². The number of aromatic nitrogens is 2. The number of nitrogen functional groups attached to an aromatic ring is 1. The molecular weight excluding hydrogens is 236 g/mol. The van der Waals surface area contributed by atoms with Crippen LogP contribution in [0.25, 0.3) is 0 Å². The van der Waals surface area contributed by atoms with E-state index in [0.29, 0.717) is 11.3 Å². The lowest BCUT2D eigenvalue weighted by atomic mass is 10.2. The van der Waals surface area contributed by atoms with E-state index in [2.05, 4.69) is 9.97 Å². The van der Waals surface area contributed by atoms with Crippen molar-refractivity contribution in [3.63, 3.8) is 0 Å². The second-order valence-electron chi connectivity index (χ2n) is 3.23. The fourth-order valence-electron chi connectivity index (χ4n) is 1.30. The molecule has 0 radical (unpaired) electrons. The first-order chi connectivity index (χ1) is 8.18. The van der Waals surface area contributed by atoms with E-state index < -0.39 is 5.91 Å². The molecule has 17 heavy (non-hydrogen) atoms. The number of carbonyl (C=O) groups is 1. The third kappa shape index (κ3) is 2.54. The standard InChI is InChI=1S/C11H10N4OS/c12-10-7(11(13)16)2-1-3-8(10)17-9-4-5-14-6-15-9/h1-6H,12H2,(H2,13,16). The van der Waals surface area contributed by atoms with Crippen molar-refractivity contribution in [2.24, 2.45) is 5.73 Å². The second kappa shape index (κ2) is 4.84. The highest BCUT2D eigenvalue weighted by Gasteiger charge is 2.10. The highest BCUT2D eigenvalue weighted by atomic mass is 32.2. The van der Waals surface area contributed by atoms with E-state index in [-0.39, 0.29) is 0 Å². The molecule has 1 heterocycles. The molecule has 0 atom stereocenters. The molecule has 0 unspecified atom stereocenters. The van der Waals surface area contributed by atoms with Gasteiger partial charge in [-0.2, -0.15) is 0 Å². The van der Waals surface area contributed by atoms with E-state index in [1.54, 1.807) is 24.4 Å². The molecular formula is C11H10N4OS. The number of primary amides is 1. The predicted octanol–water partition coefficient (Wildman–Crippen LogP) is 1.31. The van der Waals surface area contributed by atoms with Gasteiger partial charge in [-0.15, -0.1) is 0 Å². The summed E-state index contributed by atoms with van der Waals surface area (Å²) in [5.74, 6) is -0.535. The molecule has 0 aliphatic rings. The number of amides is 1. The fourth-order valence-corrected chi connectivity index (χ4v) is 2.12. The predicted molar refractivity (Wildman–Crippen MR) is 65.5 cm³/mol. The van der Waals surface area contributed by atoms with Crippen molar-refractivity contribution < 1.29 is 4.79 Å².